The normalized spacial score (nSPS) is 23.4. The SMILES string of the molecule is CC1(C)CC(Nc2nc[nH]c(=O)c2Br)CCO1. The monoisotopic (exact) mass is 301 g/mol. The van der Waals surface area contributed by atoms with Crippen molar-refractivity contribution >= 4 is 21.7 Å². The van der Waals surface area contributed by atoms with Gasteiger partial charge in [-0.2, -0.15) is 0 Å². The van der Waals surface area contributed by atoms with Gasteiger partial charge in [0.1, 0.15) is 10.3 Å². The summed E-state index contributed by atoms with van der Waals surface area (Å²) in [6.07, 6.45) is 3.22. The summed E-state index contributed by atoms with van der Waals surface area (Å²) in [5, 5.41) is 3.29. The maximum absolute atomic E-state index is 11.4. The molecule has 17 heavy (non-hydrogen) atoms. The minimum Gasteiger partial charge on any atom is -0.375 e. The van der Waals surface area contributed by atoms with E-state index >= 15 is 0 Å². The molecule has 94 valence electrons. The summed E-state index contributed by atoms with van der Waals surface area (Å²) in [6.45, 7) is 4.87. The van der Waals surface area contributed by atoms with Crippen LogP contribution in [0.15, 0.2) is 15.6 Å². The van der Waals surface area contributed by atoms with Gasteiger partial charge in [-0.1, -0.05) is 0 Å². The molecule has 1 aliphatic rings. The first-order valence-electron chi connectivity index (χ1n) is 5.62. The molecule has 2 heterocycles. The topological polar surface area (TPSA) is 67.0 Å². The van der Waals surface area contributed by atoms with Crippen LogP contribution in [0.2, 0.25) is 0 Å². The van der Waals surface area contributed by atoms with Crippen LogP contribution in [0.1, 0.15) is 26.7 Å². The van der Waals surface area contributed by atoms with E-state index in [1.807, 2.05) is 0 Å². The van der Waals surface area contributed by atoms with E-state index in [4.69, 9.17) is 4.74 Å². The Kier molecular flexibility index (Phi) is 3.53. The number of ether oxygens (including phenoxy) is 1. The number of hydrogen-bond acceptors (Lipinski definition) is 4. The van der Waals surface area contributed by atoms with Crippen molar-refractivity contribution in [1.82, 2.24) is 9.97 Å². The fourth-order valence-corrected chi connectivity index (χ4v) is 2.36. The Labute approximate surface area is 108 Å². The van der Waals surface area contributed by atoms with Crippen molar-refractivity contribution in [2.45, 2.75) is 38.3 Å². The van der Waals surface area contributed by atoms with Crippen LogP contribution in [-0.4, -0.2) is 28.2 Å². The Morgan fingerprint density at radius 2 is 2.41 bits per heavy atom. The van der Waals surface area contributed by atoms with Crippen molar-refractivity contribution in [2.24, 2.45) is 0 Å². The molecular formula is C11H16BrN3O2. The highest BCUT2D eigenvalue weighted by Gasteiger charge is 2.29. The predicted molar refractivity (Wildman–Crippen MR) is 69.2 cm³/mol. The molecule has 0 radical (unpaired) electrons. The quantitative estimate of drug-likeness (QED) is 0.875. The van der Waals surface area contributed by atoms with E-state index in [1.54, 1.807) is 0 Å². The second-order valence-electron chi connectivity index (χ2n) is 4.84. The number of anilines is 1. The minimum atomic E-state index is -0.172. The van der Waals surface area contributed by atoms with Crippen molar-refractivity contribution in [3.8, 4) is 0 Å². The number of nitrogens with zero attached hydrogens (tertiary/aromatic N) is 1. The summed E-state index contributed by atoms with van der Waals surface area (Å²) >= 11 is 3.24. The first kappa shape index (κ1) is 12.6. The molecule has 1 atom stereocenters. The van der Waals surface area contributed by atoms with E-state index in [9.17, 15) is 4.79 Å². The number of rotatable bonds is 2. The lowest BCUT2D eigenvalue weighted by Gasteiger charge is -2.36. The van der Waals surface area contributed by atoms with Gasteiger partial charge < -0.3 is 15.0 Å². The third-order valence-electron chi connectivity index (χ3n) is 2.83. The highest BCUT2D eigenvalue weighted by atomic mass is 79.9. The Bertz CT molecular complexity index is 458. The van der Waals surface area contributed by atoms with Gasteiger partial charge in [-0.05, 0) is 42.6 Å². The molecular weight excluding hydrogens is 286 g/mol. The van der Waals surface area contributed by atoms with Gasteiger partial charge in [0.25, 0.3) is 5.56 Å². The highest BCUT2D eigenvalue weighted by Crippen LogP contribution is 2.26. The van der Waals surface area contributed by atoms with Gasteiger partial charge in [0.2, 0.25) is 0 Å². The Balaban J connectivity index is 2.11. The summed E-state index contributed by atoms with van der Waals surface area (Å²) < 4.78 is 6.10. The number of halogens is 1. The largest absolute Gasteiger partial charge is 0.375 e. The zero-order chi connectivity index (χ0) is 12.5. The summed E-state index contributed by atoms with van der Waals surface area (Å²) in [7, 11) is 0. The lowest BCUT2D eigenvalue weighted by atomic mass is 9.94. The number of aromatic amines is 1. The molecule has 1 saturated heterocycles. The van der Waals surface area contributed by atoms with Gasteiger partial charge in [0.05, 0.1) is 11.9 Å². The first-order chi connectivity index (χ1) is 7.98. The molecule has 0 bridgehead atoms. The molecule has 0 spiro atoms. The lowest BCUT2D eigenvalue weighted by molar-refractivity contribution is -0.0553. The van der Waals surface area contributed by atoms with Crippen molar-refractivity contribution in [3.05, 3.63) is 21.2 Å². The zero-order valence-electron chi connectivity index (χ0n) is 9.92. The molecule has 6 heteroatoms. The van der Waals surface area contributed by atoms with Crippen molar-refractivity contribution in [2.75, 3.05) is 11.9 Å². The summed E-state index contributed by atoms with van der Waals surface area (Å²) in [6, 6.07) is 0.282. The zero-order valence-corrected chi connectivity index (χ0v) is 11.5. The van der Waals surface area contributed by atoms with Crippen molar-refractivity contribution in [1.29, 1.82) is 0 Å². The molecule has 2 N–H and O–H groups in total. The van der Waals surface area contributed by atoms with Crippen LogP contribution in [0.5, 0.6) is 0 Å². The Morgan fingerprint density at radius 3 is 3.12 bits per heavy atom. The van der Waals surface area contributed by atoms with Crippen molar-refractivity contribution in [3.63, 3.8) is 0 Å². The fraction of sp³-hybridized carbons (Fsp3) is 0.636. The van der Waals surface area contributed by atoms with Crippen LogP contribution >= 0.6 is 15.9 Å². The van der Waals surface area contributed by atoms with Crippen LogP contribution in [-0.2, 0) is 4.74 Å². The molecule has 1 aliphatic heterocycles. The van der Waals surface area contributed by atoms with Gasteiger partial charge in [0, 0.05) is 12.6 Å². The number of nitrogens with one attached hydrogen (secondary N) is 2. The van der Waals surface area contributed by atoms with Crippen LogP contribution in [0.3, 0.4) is 0 Å². The third kappa shape index (κ3) is 3.07. The second-order valence-corrected chi connectivity index (χ2v) is 5.63. The van der Waals surface area contributed by atoms with E-state index in [0.717, 1.165) is 19.4 Å². The molecule has 1 aromatic heterocycles. The van der Waals surface area contributed by atoms with E-state index < -0.39 is 0 Å². The fourth-order valence-electron chi connectivity index (χ4n) is 2.03. The van der Waals surface area contributed by atoms with Gasteiger partial charge >= 0.3 is 0 Å². The molecule has 1 fully saturated rings. The average molecular weight is 302 g/mol. The standard InChI is InChI=1S/C11H16BrN3O2/c1-11(2)5-7(3-4-17-11)15-9-8(12)10(16)14-6-13-9/h6-7H,3-5H2,1-2H3,(H2,13,14,15,16). The molecule has 0 saturated carbocycles. The van der Waals surface area contributed by atoms with E-state index in [2.05, 4.69) is 45.1 Å². The van der Waals surface area contributed by atoms with Gasteiger partial charge in [0.15, 0.2) is 0 Å². The highest BCUT2D eigenvalue weighted by molar-refractivity contribution is 9.10. The van der Waals surface area contributed by atoms with Gasteiger partial charge in [-0.15, -0.1) is 0 Å². The molecule has 0 aliphatic carbocycles. The Morgan fingerprint density at radius 1 is 1.65 bits per heavy atom. The number of hydrogen-bond donors (Lipinski definition) is 2. The maximum atomic E-state index is 11.4. The predicted octanol–water partition coefficient (Wildman–Crippen LogP) is 1.90. The summed E-state index contributed by atoms with van der Waals surface area (Å²) in [4.78, 5) is 18.0. The number of aromatic nitrogens is 2. The van der Waals surface area contributed by atoms with Crippen LogP contribution in [0.4, 0.5) is 5.82 Å². The number of H-pyrrole nitrogens is 1. The van der Waals surface area contributed by atoms with Crippen LogP contribution in [0.25, 0.3) is 0 Å². The lowest BCUT2D eigenvalue weighted by Crippen LogP contribution is -2.40. The Hall–Kier alpha value is -0.880. The third-order valence-corrected chi connectivity index (χ3v) is 3.57. The molecule has 0 amide bonds. The van der Waals surface area contributed by atoms with Crippen LogP contribution < -0.4 is 10.9 Å². The minimum absolute atomic E-state index is 0.121. The summed E-state index contributed by atoms with van der Waals surface area (Å²) in [5.74, 6) is 0.594. The molecule has 2 rings (SSSR count). The molecule has 5 nitrogen and oxygen atoms in total. The van der Waals surface area contributed by atoms with E-state index in [0.29, 0.717) is 10.3 Å². The van der Waals surface area contributed by atoms with Crippen LogP contribution in [0, 0.1) is 0 Å². The average Bonchev–Trinajstić information content (AvgIpc) is 2.23. The maximum Gasteiger partial charge on any atom is 0.267 e. The molecule has 0 aromatic carbocycles. The smallest absolute Gasteiger partial charge is 0.267 e. The van der Waals surface area contributed by atoms with Gasteiger partial charge in [-0.3, -0.25) is 4.79 Å². The van der Waals surface area contributed by atoms with Crippen molar-refractivity contribution < 1.29 is 4.74 Å². The second kappa shape index (κ2) is 4.78. The van der Waals surface area contributed by atoms with Gasteiger partial charge in [-0.25, -0.2) is 4.98 Å². The molecule has 1 aromatic rings. The first-order valence-corrected chi connectivity index (χ1v) is 6.41. The van der Waals surface area contributed by atoms with E-state index in [-0.39, 0.29) is 17.2 Å². The van der Waals surface area contributed by atoms with E-state index in [1.165, 1.54) is 6.33 Å². The summed E-state index contributed by atoms with van der Waals surface area (Å²) in [5.41, 5.74) is -0.294. The molecule has 1 unspecified atom stereocenters.